The van der Waals surface area contributed by atoms with E-state index in [4.69, 9.17) is 9.47 Å². The predicted octanol–water partition coefficient (Wildman–Crippen LogP) is 1.25. The Morgan fingerprint density at radius 1 is 1.27 bits per heavy atom. The van der Waals surface area contributed by atoms with E-state index in [1.807, 2.05) is 30.3 Å². The zero-order valence-corrected chi connectivity index (χ0v) is 13.6. The molecule has 6 heteroatoms. The van der Waals surface area contributed by atoms with Crippen LogP contribution in [-0.4, -0.2) is 68.3 Å². The Labute approximate surface area is 136 Å². The number of benzene rings is 1. The van der Waals surface area contributed by atoms with Crippen LogP contribution in [0.5, 0.6) is 5.75 Å². The van der Waals surface area contributed by atoms with Crippen molar-refractivity contribution in [1.82, 2.24) is 10.2 Å². The van der Waals surface area contributed by atoms with E-state index in [2.05, 4.69) is 10.2 Å². The van der Waals surface area contributed by atoms with Gasteiger partial charge in [-0.05, 0) is 12.1 Å². The van der Waals surface area contributed by atoms with Gasteiger partial charge in [-0.1, -0.05) is 18.2 Å². The molecule has 0 aliphatic carbocycles. The minimum atomic E-state index is 0.0953. The number of nitrogens with one attached hydrogen (secondary N) is 1. The van der Waals surface area contributed by atoms with Gasteiger partial charge in [0.15, 0.2) is 0 Å². The van der Waals surface area contributed by atoms with Crippen molar-refractivity contribution in [3.05, 3.63) is 30.3 Å². The van der Waals surface area contributed by atoms with Crippen LogP contribution >= 0.6 is 11.8 Å². The lowest BCUT2D eigenvalue weighted by molar-refractivity contribution is -0.118. The molecule has 1 aromatic rings. The zero-order chi connectivity index (χ0) is 15.5. The number of hydrogen-bond donors (Lipinski definition) is 1. The van der Waals surface area contributed by atoms with E-state index in [1.54, 1.807) is 11.8 Å². The molecule has 1 fully saturated rings. The van der Waals surface area contributed by atoms with Gasteiger partial charge in [-0.2, -0.15) is 0 Å². The summed E-state index contributed by atoms with van der Waals surface area (Å²) in [6.07, 6.45) is 0. The van der Waals surface area contributed by atoms with E-state index in [9.17, 15) is 4.79 Å². The van der Waals surface area contributed by atoms with Crippen molar-refractivity contribution in [1.29, 1.82) is 0 Å². The molecule has 1 N–H and O–H groups in total. The molecular weight excluding hydrogens is 300 g/mol. The molecule has 0 saturated carbocycles. The monoisotopic (exact) mass is 324 g/mol. The van der Waals surface area contributed by atoms with Gasteiger partial charge in [-0.15, -0.1) is 11.8 Å². The molecule has 0 radical (unpaired) electrons. The van der Waals surface area contributed by atoms with Crippen LogP contribution < -0.4 is 10.1 Å². The highest BCUT2D eigenvalue weighted by atomic mass is 32.2. The van der Waals surface area contributed by atoms with Gasteiger partial charge in [0.25, 0.3) is 0 Å². The van der Waals surface area contributed by atoms with Crippen LogP contribution in [-0.2, 0) is 9.53 Å². The first-order valence-corrected chi connectivity index (χ1v) is 8.82. The molecule has 5 nitrogen and oxygen atoms in total. The van der Waals surface area contributed by atoms with Gasteiger partial charge in [-0.3, -0.25) is 9.69 Å². The molecule has 1 aliphatic rings. The second-order valence-corrected chi connectivity index (χ2v) is 6.12. The fourth-order valence-corrected chi connectivity index (χ4v) is 2.76. The van der Waals surface area contributed by atoms with Crippen LogP contribution in [0.1, 0.15) is 0 Å². The van der Waals surface area contributed by atoms with E-state index in [0.717, 1.165) is 44.4 Å². The summed E-state index contributed by atoms with van der Waals surface area (Å²) in [5, 5.41) is 2.96. The predicted molar refractivity (Wildman–Crippen MR) is 89.5 cm³/mol. The van der Waals surface area contributed by atoms with Gasteiger partial charge in [0, 0.05) is 31.9 Å². The van der Waals surface area contributed by atoms with Gasteiger partial charge in [0.1, 0.15) is 5.75 Å². The second-order valence-electron chi connectivity index (χ2n) is 5.02. The Morgan fingerprint density at radius 3 is 2.82 bits per heavy atom. The maximum absolute atomic E-state index is 11.7. The molecule has 1 aromatic carbocycles. The van der Waals surface area contributed by atoms with Crippen LogP contribution in [0.25, 0.3) is 0 Å². The zero-order valence-electron chi connectivity index (χ0n) is 12.8. The molecule has 22 heavy (non-hydrogen) atoms. The van der Waals surface area contributed by atoms with Gasteiger partial charge < -0.3 is 14.8 Å². The van der Waals surface area contributed by atoms with Crippen molar-refractivity contribution in [3.8, 4) is 5.75 Å². The van der Waals surface area contributed by atoms with Crippen molar-refractivity contribution >= 4 is 17.7 Å². The summed E-state index contributed by atoms with van der Waals surface area (Å²) < 4.78 is 10.9. The lowest BCUT2D eigenvalue weighted by Gasteiger charge is -2.26. The standard InChI is InChI=1S/C16H24N2O3S/c19-16(17-6-7-18-8-10-20-11-9-18)14-22-13-12-21-15-4-2-1-3-5-15/h1-5H,6-14H2,(H,17,19). The number of rotatable bonds is 9. The number of amides is 1. The van der Waals surface area contributed by atoms with Crippen LogP contribution in [0.3, 0.4) is 0 Å². The van der Waals surface area contributed by atoms with E-state index in [-0.39, 0.29) is 5.91 Å². The molecule has 1 amide bonds. The van der Waals surface area contributed by atoms with Crippen LogP contribution in [0, 0.1) is 0 Å². The summed E-state index contributed by atoms with van der Waals surface area (Å²) in [7, 11) is 0. The number of nitrogens with zero attached hydrogens (tertiary/aromatic N) is 1. The van der Waals surface area contributed by atoms with Gasteiger partial charge in [-0.25, -0.2) is 0 Å². The van der Waals surface area contributed by atoms with E-state index in [1.165, 1.54) is 0 Å². The summed E-state index contributed by atoms with van der Waals surface area (Å²) in [6, 6.07) is 9.73. The fourth-order valence-electron chi connectivity index (χ4n) is 2.13. The van der Waals surface area contributed by atoms with Crippen molar-refractivity contribution in [2.75, 3.05) is 57.5 Å². The van der Waals surface area contributed by atoms with Crippen molar-refractivity contribution < 1.29 is 14.3 Å². The smallest absolute Gasteiger partial charge is 0.230 e. The minimum absolute atomic E-state index is 0.0953. The first-order chi connectivity index (χ1) is 10.8. The third kappa shape index (κ3) is 7.15. The maximum atomic E-state index is 11.7. The number of para-hydroxylation sites is 1. The Balaban J connectivity index is 1.44. The average molecular weight is 324 g/mol. The third-order valence-electron chi connectivity index (χ3n) is 3.33. The Morgan fingerprint density at radius 2 is 2.05 bits per heavy atom. The Bertz CT molecular complexity index is 425. The summed E-state index contributed by atoms with van der Waals surface area (Å²) in [5.74, 6) is 2.27. The average Bonchev–Trinajstić information content (AvgIpc) is 2.56. The third-order valence-corrected chi connectivity index (χ3v) is 4.25. The molecular formula is C16H24N2O3S. The van der Waals surface area contributed by atoms with Gasteiger partial charge in [0.2, 0.25) is 5.91 Å². The summed E-state index contributed by atoms with van der Waals surface area (Å²) >= 11 is 1.60. The van der Waals surface area contributed by atoms with Gasteiger partial charge in [0.05, 0.1) is 25.6 Å². The number of ether oxygens (including phenoxy) is 2. The molecule has 0 spiro atoms. The van der Waals surface area contributed by atoms with Crippen LogP contribution in [0.4, 0.5) is 0 Å². The minimum Gasteiger partial charge on any atom is -0.493 e. The van der Waals surface area contributed by atoms with Gasteiger partial charge >= 0.3 is 0 Å². The summed E-state index contributed by atoms with van der Waals surface area (Å²) in [6.45, 7) is 5.74. The van der Waals surface area contributed by atoms with Crippen molar-refractivity contribution in [2.45, 2.75) is 0 Å². The number of thioether (sulfide) groups is 1. The maximum Gasteiger partial charge on any atom is 0.230 e. The van der Waals surface area contributed by atoms with Crippen LogP contribution in [0.2, 0.25) is 0 Å². The Hall–Kier alpha value is -1.24. The number of morpholine rings is 1. The van der Waals surface area contributed by atoms with Crippen LogP contribution in [0.15, 0.2) is 30.3 Å². The molecule has 122 valence electrons. The van der Waals surface area contributed by atoms with Crippen molar-refractivity contribution in [2.24, 2.45) is 0 Å². The van der Waals surface area contributed by atoms with E-state index in [0.29, 0.717) is 18.9 Å². The molecule has 2 rings (SSSR count). The first-order valence-electron chi connectivity index (χ1n) is 7.67. The number of carbonyl (C=O) groups is 1. The largest absolute Gasteiger partial charge is 0.493 e. The molecule has 1 aliphatic heterocycles. The molecule has 1 saturated heterocycles. The first kappa shape index (κ1) is 17.1. The highest BCUT2D eigenvalue weighted by Crippen LogP contribution is 2.09. The fraction of sp³-hybridized carbons (Fsp3) is 0.562. The quantitative estimate of drug-likeness (QED) is 0.693. The molecule has 0 bridgehead atoms. The summed E-state index contributed by atoms with van der Waals surface area (Å²) in [4.78, 5) is 14.0. The topological polar surface area (TPSA) is 50.8 Å². The van der Waals surface area contributed by atoms with Crippen molar-refractivity contribution in [3.63, 3.8) is 0 Å². The van der Waals surface area contributed by atoms with E-state index >= 15 is 0 Å². The summed E-state index contributed by atoms with van der Waals surface area (Å²) in [5.41, 5.74) is 0. The molecule has 1 heterocycles. The highest BCUT2D eigenvalue weighted by molar-refractivity contribution is 7.99. The normalized spacial score (nSPS) is 15.5. The Kier molecular flexibility index (Phi) is 8.15. The molecule has 0 aromatic heterocycles. The van der Waals surface area contributed by atoms with E-state index < -0.39 is 0 Å². The highest BCUT2D eigenvalue weighted by Gasteiger charge is 2.10. The molecule has 0 unspecified atom stereocenters. The lowest BCUT2D eigenvalue weighted by Crippen LogP contribution is -2.41. The molecule has 0 atom stereocenters. The number of carbonyl (C=O) groups excluding carboxylic acids is 1. The second kappa shape index (κ2) is 10.5. The number of hydrogen-bond acceptors (Lipinski definition) is 5. The lowest BCUT2D eigenvalue weighted by atomic mass is 10.3. The SMILES string of the molecule is O=C(CSCCOc1ccccc1)NCCN1CCOCC1.